The first-order valence-electron chi connectivity index (χ1n) is 9.86. The Bertz CT molecular complexity index is 674. The zero-order valence-corrected chi connectivity index (χ0v) is 17.2. The highest BCUT2D eigenvalue weighted by molar-refractivity contribution is 5.86. The number of carboxylic acid groups (broad SMARTS) is 1. The van der Waals surface area contributed by atoms with Gasteiger partial charge in [0.15, 0.2) is 0 Å². The molecule has 4 nitrogen and oxygen atoms in total. The summed E-state index contributed by atoms with van der Waals surface area (Å²) in [5, 5.41) is 10.1. The molecule has 0 spiro atoms. The minimum Gasteiger partial charge on any atom is -0.480 e. The monoisotopic (exact) mass is 368 g/mol. The summed E-state index contributed by atoms with van der Waals surface area (Å²) < 4.78 is 0. The molecule has 0 unspecified atom stereocenters. The number of nitrogens with zero attached hydrogens (tertiary/aromatic N) is 2. The minimum atomic E-state index is -1.08. The summed E-state index contributed by atoms with van der Waals surface area (Å²) >= 11 is 0. The predicted octanol–water partition coefficient (Wildman–Crippen LogP) is 4.77. The van der Waals surface area contributed by atoms with Crippen LogP contribution in [0.15, 0.2) is 48.5 Å². The van der Waals surface area contributed by atoms with Crippen molar-refractivity contribution in [2.24, 2.45) is 0 Å². The maximum Gasteiger partial charge on any atom is 0.318 e. The van der Waals surface area contributed by atoms with Crippen LogP contribution in [0.25, 0.3) is 0 Å². The summed E-state index contributed by atoms with van der Waals surface area (Å²) in [5.74, 6) is -0.839. The Morgan fingerprint density at radius 3 is 1.26 bits per heavy atom. The van der Waals surface area contributed by atoms with E-state index in [1.807, 2.05) is 48.5 Å². The molecule has 0 aromatic heterocycles. The zero-order valence-electron chi connectivity index (χ0n) is 17.2. The van der Waals surface area contributed by atoms with Crippen LogP contribution in [0.4, 0.5) is 11.4 Å². The first kappa shape index (κ1) is 20.8. The number of anilines is 2. The van der Waals surface area contributed by atoms with Crippen molar-refractivity contribution in [1.29, 1.82) is 0 Å². The third-order valence-electron chi connectivity index (χ3n) is 5.57. The Morgan fingerprint density at radius 1 is 0.741 bits per heavy atom. The number of carbonyl (C=O) groups is 1. The fraction of sp³-hybridized carbons (Fsp3) is 0.435. The van der Waals surface area contributed by atoms with Gasteiger partial charge in [0.05, 0.1) is 0 Å². The van der Waals surface area contributed by atoms with Crippen LogP contribution >= 0.6 is 0 Å². The highest BCUT2D eigenvalue weighted by Gasteiger charge is 2.37. The van der Waals surface area contributed by atoms with E-state index < -0.39 is 11.4 Å². The van der Waals surface area contributed by atoms with Crippen molar-refractivity contribution in [2.75, 3.05) is 36.0 Å². The Hall–Kier alpha value is -2.49. The van der Waals surface area contributed by atoms with Crippen molar-refractivity contribution in [1.82, 2.24) is 0 Å². The van der Waals surface area contributed by atoms with Gasteiger partial charge in [-0.2, -0.15) is 0 Å². The van der Waals surface area contributed by atoms with Gasteiger partial charge in [-0.25, -0.2) is 0 Å². The van der Waals surface area contributed by atoms with Gasteiger partial charge in [0.25, 0.3) is 0 Å². The highest BCUT2D eigenvalue weighted by Crippen LogP contribution is 2.34. The molecule has 4 heteroatoms. The standard InChI is InChI=1S/C23H32N2O2/c1-6-24(7-2)20-14-10-18(11-15-20)23(5,22(26)27)19-12-16-21(17-13-19)25(8-3)9-4/h10-17H,6-9H2,1-5H3,(H,26,27). The maximum absolute atomic E-state index is 12.3. The summed E-state index contributed by atoms with van der Waals surface area (Å²) in [4.78, 5) is 16.8. The molecule has 0 aliphatic heterocycles. The second kappa shape index (κ2) is 8.94. The molecule has 2 rings (SSSR count). The van der Waals surface area contributed by atoms with E-state index in [1.54, 1.807) is 6.92 Å². The Balaban J connectivity index is 2.41. The molecule has 0 aliphatic rings. The molecule has 0 atom stereocenters. The van der Waals surface area contributed by atoms with E-state index in [9.17, 15) is 9.90 Å². The molecule has 2 aromatic carbocycles. The fourth-order valence-corrected chi connectivity index (χ4v) is 3.60. The molecule has 2 aromatic rings. The average molecular weight is 369 g/mol. The molecule has 0 amide bonds. The van der Waals surface area contributed by atoms with E-state index in [4.69, 9.17) is 0 Å². The van der Waals surface area contributed by atoms with Gasteiger partial charge in [-0.1, -0.05) is 24.3 Å². The molecule has 0 radical (unpaired) electrons. The number of aliphatic carboxylic acids is 1. The molecule has 0 saturated carbocycles. The molecule has 1 N–H and O–H groups in total. The second-order valence-corrected chi connectivity index (χ2v) is 6.87. The molecular formula is C23H32N2O2. The van der Waals surface area contributed by atoms with Crippen LogP contribution in [-0.2, 0) is 10.2 Å². The molecule has 0 fully saturated rings. The van der Waals surface area contributed by atoms with E-state index in [0.717, 1.165) is 48.7 Å². The minimum absolute atomic E-state index is 0.793. The summed E-state index contributed by atoms with van der Waals surface area (Å²) in [6.45, 7) is 14.0. The number of hydrogen-bond acceptors (Lipinski definition) is 3. The van der Waals surface area contributed by atoms with Gasteiger partial charge in [0, 0.05) is 37.6 Å². The van der Waals surface area contributed by atoms with E-state index in [-0.39, 0.29) is 0 Å². The van der Waals surface area contributed by atoms with Gasteiger partial charge in [-0.05, 0) is 70.0 Å². The molecule has 27 heavy (non-hydrogen) atoms. The molecule has 0 bridgehead atoms. The lowest BCUT2D eigenvalue weighted by Crippen LogP contribution is -2.34. The largest absolute Gasteiger partial charge is 0.480 e. The number of carboxylic acids is 1. The molecule has 0 heterocycles. The third kappa shape index (κ3) is 4.10. The molecule has 0 saturated heterocycles. The Labute approximate surface area is 163 Å². The van der Waals surface area contributed by atoms with E-state index in [0.29, 0.717) is 0 Å². The molecular weight excluding hydrogens is 336 g/mol. The summed E-state index contributed by atoms with van der Waals surface area (Å²) in [6, 6.07) is 15.9. The van der Waals surface area contributed by atoms with Gasteiger partial charge < -0.3 is 14.9 Å². The van der Waals surface area contributed by atoms with Crippen LogP contribution in [0, 0.1) is 0 Å². The summed E-state index contributed by atoms with van der Waals surface area (Å²) in [6.07, 6.45) is 0. The average Bonchev–Trinajstić information content (AvgIpc) is 2.70. The number of rotatable bonds is 9. The maximum atomic E-state index is 12.3. The van der Waals surface area contributed by atoms with Crippen LogP contribution in [0.2, 0.25) is 0 Å². The SMILES string of the molecule is CCN(CC)c1ccc(C(C)(C(=O)O)c2ccc(N(CC)CC)cc2)cc1. The van der Waals surface area contributed by atoms with Gasteiger partial charge in [0.1, 0.15) is 5.41 Å². The van der Waals surface area contributed by atoms with Crippen LogP contribution in [-0.4, -0.2) is 37.3 Å². The highest BCUT2D eigenvalue weighted by atomic mass is 16.4. The fourth-order valence-electron chi connectivity index (χ4n) is 3.60. The van der Waals surface area contributed by atoms with Gasteiger partial charge in [-0.15, -0.1) is 0 Å². The number of benzene rings is 2. The lowest BCUT2D eigenvalue weighted by Gasteiger charge is -2.28. The lowest BCUT2D eigenvalue weighted by atomic mass is 9.76. The number of hydrogen-bond donors (Lipinski definition) is 1. The first-order valence-corrected chi connectivity index (χ1v) is 9.86. The van der Waals surface area contributed by atoms with Crippen molar-refractivity contribution >= 4 is 17.3 Å². The smallest absolute Gasteiger partial charge is 0.318 e. The van der Waals surface area contributed by atoms with E-state index in [2.05, 4.69) is 37.5 Å². The summed E-state index contributed by atoms with van der Waals surface area (Å²) in [5.41, 5.74) is 2.74. The Morgan fingerprint density at radius 2 is 1.04 bits per heavy atom. The van der Waals surface area contributed by atoms with Crippen LogP contribution in [0.5, 0.6) is 0 Å². The first-order chi connectivity index (χ1) is 12.9. The van der Waals surface area contributed by atoms with E-state index >= 15 is 0 Å². The lowest BCUT2D eigenvalue weighted by molar-refractivity contribution is -0.141. The zero-order chi connectivity index (χ0) is 20.0. The van der Waals surface area contributed by atoms with Crippen molar-refractivity contribution in [3.8, 4) is 0 Å². The molecule has 146 valence electrons. The van der Waals surface area contributed by atoms with Crippen molar-refractivity contribution < 1.29 is 9.90 Å². The van der Waals surface area contributed by atoms with Crippen molar-refractivity contribution in [3.05, 3.63) is 59.7 Å². The van der Waals surface area contributed by atoms with Crippen molar-refractivity contribution in [2.45, 2.75) is 40.0 Å². The predicted molar refractivity (Wildman–Crippen MR) is 114 cm³/mol. The van der Waals surface area contributed by atoms with Gasteiger partial charge >= 0.3 is 5.97 Å². The van der Waals surface area contributed by atoms with E-state index in [1.165, 1.54) is 0 Å². The van der Waals surface area contributed by atoms with Gasteiger partial charge in [-0.3, -0.25) is 4.79 Å². The normalized spacial score (nSPS) is 11.3. The second-order valence-electron chi connectivity index (χ2n) is 6.87. The summed E-state index contributed by atoms with van der Waals surface area (Å²) in [7, 11) is 0. The quantitative estimate of drug-likeness (QED) is 0.692. The van der Waals surface area contributed by atoms with Crippen molar-refractivity contribution in [3.63, 3.8) is 0 Å². The van der Waals surface area contributed by atoms with Crippen LogP contribution in [0.1, 0.15) is 45.7 Å². The third-order valence-corrected chi connectivity index (χ3v) is 5.57. The van der Waals surface area contributed by atoms with Gasteiger partial charge in [0.2, 0.25) is 0 Å². The Kier molecular flexibility index (Phi) is 6.89. The van der Waals surface area contributed by atoms with Crippen LogP contribution < -0.4 is 9.80 Å². The molecule has 0 aliphatic carbocycles. The topological polar surface area (TPSA) is 43.8 Å². The van der Waals surface area contributed by atoms with Crippen LogP contribution in [0.3, 0.4) is 0 Å².